The lowest BCUT2D eigenvalue weighted by molar-refractivity contribution is 0.789. The third-order valence-corrected chi connectivity index (χ3v) is 2.01. The Kier molecular flexibility index (Phi) is 1.49. The van der Waals surface area contributed by atoms with E-state index in [1.807, 2.05) is 13.0 Å². The minimum atomic E-state index is 0.445. The lowest BCUT2D eigenvalue weighted by Crippen LogP contribution is -1.87. The summed E-state index contributed by atoms with van der Waals surface area (Å²) in [6.07, 6.45) is 1.69. The summed E-state index contributed by atoms with van der Waals surface area (Å²) < 4.78 is 1.50. The Morgan fingerprint density at radius 1 is 1.54 bits per heavy atom. The Morgan fingerprint density at radius 2 is 2.31 bits per heavy atom. The van der Waals surface area contributed by atoms with E-state index >= 15 is 0 Å². The molecule has 0 aliphatic carbocycles. The molecule has 0 saturated carbocycles. The van der Waals surface area contributed by atoms with Gasteiger partial charge in [0.2, 0.25) is 5.65 Å². The van der Waals surface area contributed by atoms with Gasteiger partial charge in [0.15, 0.2) is 0 Å². The molecule has 0 aliphatic heterocycles. The van der Waals surface area contributed by atoms with E-state index in [9.17, 15) is 0 Å². The van der Waals surface area contributed by atoms with Gasteiger partial charge in [-0.15, -0.1) is 4.68 Å². The second-order valence-electron chi connectivity index (χ2n) is 2.87. The average molecular weight is 174 g/mol. The third-order valence-electron chi connectivity index (χ3n) is 2.01. The Balaban J connectivity index is 2.99. The molecule has 5 nitrogen and oxygen atoms in total. The molecule has 5 heteroatoms. The molecule has 0 radical (unpaired) electrons. The summed E-state index contributed by atoms with van der Waals surface area (Å²) in [6.45, 7) is 1.93. The highest BCUT2D eigenvalue weighted by molar-refractivity contribution is 5.90. The Morgan fingerprint density at radius 3 is 3.00 bits per heavy atom. The standard InChI is InChI=1S/C8H8N5/c1-5-3-4-10-7-6(5)8(11-9)13(2)12-7/h3-4H,1-2H3/q+1. The zero-order chi connectivity index (χ0) is 9.42. The molecule has 0 unspecified atom stereocenters. The van der Waals surface area contributed by atoms with Crippen LogP contribution in [0.2, 0.25) is 0 Å². The summed E-state index contributed by atoms with van der Waals surface area (Å²) in [5.74, 6) is 0.445. The number of aromatic nitrogens is 3. The molecule has 64 valence electrons. The van der Waals surface area contributed by atoms with Crippen molar-refractivity contribution in [1.29, 1.82) is 5.39 Å². The number of nitrogens with zero attached hydrogens (tertiary/aromatic N) is 5. The fourth-order valence-electron chi connectivity index (χ4n) is 1.36. The first kappa shape index (κ1) is 7.68. The fourth-order valence-corrected chi connectivity index (χ4v) is 1.36. The quantitative estimate of drug-likeness (QED) is 0.572. The van der Waals surface area contributed by atoms with E-state index in [0.29, 0.717) is 11.5 Å². The van der Waals surface area contributed by atoms with Gasteiger partial charge in [-0.25, -0.2) is 4.98 Å². The van der Waals surface area contributed by atoms with Gasteiger partial charge in [0.25, 0.3) is 0 Å². The highest BCUT2D eigenvalue weighted by Gasteiger charge is 2.21. The number of fused-ring (bicyclic) bond motifs is 1. The molecule has 0 saturated heterocycles. The molecule has 0 aliphatic rings. The molecular weight excluding hydrogens is 166 g/mol. The van der Waals surface area contributed by atoms with Gasteiger partial charge in [-0.05, 0) is 18.6 Å². The minimum absolute atomic E-state index is 0.445. The van der Waals surface area contributed by atoms with Crippen molar-refractivity contribution in [2.75, 3.05) is 0 Å². The van der Waals surface area contributed by atoms with Crippen LogP contribution in [0.5, 0.6) is 0 Å². The fraction of sp³-hybridized carbons (Fsp3) is 0.250. The topological polar surface area (TPSA) is 58.9 Å². The second kappa shape index (κ2) is 2.52. The Labute approximate surface area is 74.6 Å². The van der Waals surface area contributed by atoms with Crippen molar-refractivity contribution in [2.45, 2.75) is 6.92 Å². The van der Waals surface area contributed by atoms with Crippen LogP contribution in [-0.4, -0.2) is 14.8 Å². The summed E-state index contributed by atoms with van der Waals surface area (Å²) in [6, 6.07) is 1.86. The van der Waals surface area contributed by atoms with Crippen molar-refractivity contribution in [1.82, 2.24) is 14.8 Å². The molecule has 0 bridgehead atoms. The zero-order valence-electron chi connectivity index (χ0n) is 7.39. The van der Waals surface area contributed by atoms with Crippen LogP contribution < -0.4 is 0 Å². The lowest BCUT2D eigenvalue weighted by Gasteiger charge is -1.87. The first-order chi connectivity index (χ1) is 6.24. The van der Waals surface area contributed by atoms with Crippen LogP contribution in [0, 0.1) is 12.3 Å². The van der Waals surface area contributed by atoms with E-state index < -0.39 is 0 Å². The van der Waals surface area contributed by atoms with Crippen molar-refractivity contribution in [2.24, 2.45) is 7.05 Å². The second-order valence-corrected chi connectivity index (χ2v) is 2.87. The Hall–Kier alpha value is -1.96. The van der Waals surface area contributed by atoms with Crippen molar-refractivity contribution in [3.05, 3.63) is 22.8 Å². The molecule has 13 heavy (non-hydrogen) atoms. The SMILES string of the molecule is Cc1ccnc2nn(C)c([N+]#N)c12. The van der Waals surface area contributed by atoms with Crippen LogP contribution in [0.15, 0.2) is 12.3 Å². The van der Waals surface area contributed by atoms with Gasteiger partial charge in [0.1, 0.15) is 12.4 Å². The van der Waals surface area contributed by atoms with Crippen molar-refractivity contribution in [3.63, 3.8) is 0 Å². The monoisotopic (exact) mass is 174 g/mol. The predicted octanol–water partition coefficient (Wildman–Crippen LogP) is 1.76. The molecular formula is C8H8N5+. The lowest BCUT2D eigenvalue weighted by atomic mass is 10.2. The Bertz CT molecular complexity index is 505. The molecule has 2 heterocycles. The minimum Gasteiger partial charge on any atom is -0.233 e. The number of diazo groups is 1. The first-order valence-electron chi connectivity index (χ1n) is 3.87. The van der Waals surface area contributed by atoms with Crippen LogP contribution in [0.25, 0.3) is 16.0 Å². The van der Waals surface area contributed by atoms with E-state index in [4.69, 9.17) is 5.39 Å². The van der Waals surface area contributed by atoms with E-state index in [0.717, 1.165) is 10.9 Å². The number of hydrogen-bond acceptors (Lipinski definition) is 3. The van der Waals surface area contributed by atoms with E-state index in [2.05, 4.69) is 15.1 Å². The molecule has 0 spiro atoms. The molecule has 2 aromatic rings. The van der Waals surface area contributed by atoms with Crippen LogP contribution in [0.4, 0.5) is 5.82 Å². The number of aryl methyl sites for hydroxylation is 2. The smallest absolute Gasteiger partial charge is 0.233 e. The van der Waals surface area contributed by atoms with Crippen molar-refractivity contribution in [3.8, 4) is 0 Å². The van der Waals surface area contributed by atoms with Gasteiger partial charge in [-0.2, -0.15) is 0 Å². The normalized spacial score (nSPS) is 10.2. The molecule has 2 aromatic heterocycles. The van der Waals surface area contributed by atoms with Crippen molar-refractivity contribution < 1.29 is 0 Å². The third kappa shape index (κ3) is 0.957. The maximum atomic E-state index is 8.77. The number of pyridine rings is 1. The summed E-state index contributed by atoms with van der Waals surface area (Å²) in [5, 5.41) is 13.7. The predicted molar refractivity (Wildman–Crippen MR) is 48.0 cm³/mol. The van der Waals surface area contributed by atoms with Crippen LogP contribution in [0.3, 0.4) is 0 Å². The summed E-state index contributed by atoms with van der Waals surface area (Å²) in [5.41, 5.74) is 1.61. The summed E-state index contributed by atoms with van der Waals surface area (Å²) >= 11 is 0. The number of hydrogen-bond donors (Lipinski definition) is 0. The maximum Gasteiger partial charge on any atom is 0.455 e. The molecule has 0 amide bonds. The maximum absolute atomic E-state index is 8.77. The zero-order valence-corrected chi connectivity index (χ0v) is 7.39. The first-order valence-corrected chi connectivity index (χ1v) is 3.87. The van der Waals surface area contributed by atoms with Gasteiger partial charge in [0, 0.05) is 11.2 Å². The van der Waals surface area contributed by atoms with Gasteiger partial charge in [0.05, 0.1) is 5.39 Å². The van der Waals surface area contributed by atoms with Gasteiger partial charge in [-0.1, -0.05) is 5.10 Å². The highest BCUT2D eigenvalue weighted by atomic mass is 15.3. The van der Waals surface area contributed by atoms with Crippen molar-refractivity contribution >= 4 is 16.9 Å². The van der Waals surface area contributed by atoms with Gasteiger partial charge < -0.3 is 0 Å². The van der Waals surface area contributed by atoms with Gasteiger partial charge in [-0.3, -0.25) is 0 Å². The van der Waals surface area contributed by atoms with Crippen LogP contribution in [-0.2, 0) is 7.05 Å². The van der Waals surface area contributed by atoms with Crippen LogP contribution in [0.1, 0.15) is 5.56 Å². The van der Waals surface area contributed by atoms with Crippen LogP contribution >= 0.6 is 0 Å². The summed E-state index contributed by atoms with van der Waals surface area (Å²) in [4.78, 5) is 7.25. The molecule has 0 N–H and O–H groups in total. The summed E-state index contributed by atoms with van der Waals surface area (Å²) in [7, 11) is 1.72. The molecule has 0 fully saturated rings. The largest absolute Gasteiger partial charge is 0.455 e. The van der Waals surface area contributed by atoms with Gasteiger partial charge >= 0.3 is 5.82 Å². The molecule has 2 rings (SSSR count). The van der Waals surface area contributed by atoms with E-state index in [-0.39, 0.29) is 0 Å². The highest BCUT2D eigenvalue weighted by Crippen LogP contribution is 2.26. The number of rotatable bonds is 0. The van der Waals surface area contributed by atoms with E-state index in [1.165, 1.54) is 4.68 Å². The molecule has 0 atom stereocenters. The van der Waals surface area contributed by atoms with E-state index in [1.54, 1.807) is 13.2 Å². The molecule has 0 aromatic carbocycles. The average Bonchev–Trinajstić information content (AvgIpc) is 2.42.